The van der Waals surface area contributed by atoms with Gasteiger partial charge in [-0.2, -0.15) is 5.10 Å². The molecule has 4 rings (SSSR count). The lowest BCUT2D eigenvalue weighted by molar-refractivity contribution is 0.0827. The maximum absolute atomic E-state index is 12.2. The molecule has 0 unspecified atom stereocenters. The van der Waals surface area contributed by atoms with Crippen LogP contribution in [0.15, 0.2) is 53.3 Å². The number of nitrogens with one attached hydrogen (secondary N) is 1. The van der Waals surface area contributed by atoms with Crippen molar-refractivity contribution in [1.29, 1.82) is 0 Å². The summed E-state index contributed by atoms with van der Waals surface area (Å²) in [6.45, 7) is 2.00. The van der Waals surface area contributed by atoms with E-state index < -0.39 is 0 Å². The summed E-state index contributed by atoms with van der Waals surface area (Å²) in [4.78, 5) is 26.0. The monoisotopic (exact) mass is 346 g/mol. The van der Waals surface area contributed by atoms with Gasteiger partial charge >= 0.3 is 5.69 Å². The van der Waals surface area contributed by atoms with Crippen LogP contribution in [-0.4, -0.2) is 39.5 Å². The van der Waals surface area contributed by atoms with Crippen LogP contribution in [0.4, 0.5) is 0 Å². The maximum Gasteiger partial charge on any atom is 0.348 e. The molecule has 2 heterocycles. The summed E-state index contributed by atoms with van der Waals surface area (Å²) in [5.74, 6) is -0.0445. The lowest BCUT2D eigenvalue weighted by Gasteiger charge is -2.12. The molecule has 0 bridgehead atoms. The van der Waals surface area contributed by atoms with Crippen molar-refractivity contribution in [2.75, 3.05) is 14.1 Å². The van der Waals surface area contributed by atoms with E-state index in [4.69, 9.17) is 0 Å². The molecule has 26 heavy (non-hydrogen) atoms. The van der Waals surface area contributed by atoms with Gasteiger partial charge in [-0.3, -0.25) is 4.79 Å². The minimum Gasteiger partial charge on any atom is -0.345 e. The summed E-state index contributed by atoms with van der Waals surface area (Å²) in [5.41, 5.74) is 4.65. The number of benzene rings is 2. The van der Waals surface area contributed by atoms with Crippen LogP contribution in [0.25, 0.3) is 27.7 Å². The Bertz CT molecular complexity index is 1220. The summed E-state index contributed by atoms with van der Waals surface area (Å²) in [6, 6.07) is 15.3. The Morgan fingerprint density at radius 2 is 1.85 bits per heavy atom. The topological polar surface area (TPSA) is 70.5 Å². The molecule has 0 fully saturated rings. The van der Waals surface area contributed by atoms with Crippen LogP contribution in [0.1, 0.15) is 15.9 Å². The van der Waals surface area contributed by atoms with Crippen molar-refractivity contribution in [2.45, 2.75) is 6.92 Å². The summed E-state index contributed by atoms with van der Waals surface area (Å²) in [7, 11) is 3.46. The number of pyridine rings is 1. The van der Waals surface area contributed by atoms with Gasteiger partial charge < -0.3 is 4.90 Å². The normalized spacial score (nSPS) is 11.2. The van der Waals surface area contributed by atoms with E-state index >= 15 is 0 Å². The highest BCUT2D eigenvalue weighted by Gasteiger charge is 2.12. The highest BCUT2D eigenvalue weighted by molar-refractivity contribution is 5.96. The van der Waals surface area contributed by atoms with E-state index in [0.29, 0.717) is 11.2 Å². The van der Waals surface area contributed by atoms with Gasteiger partial charge in [0.25, 0.3) is 5.91 Å². The third-order valence-corrected chi connectivity index (χ3v) is 4.56. The second-order valence-corrected chi connectivity index (χ2v) is 6.56. The van der Waals surface area contributed by atoms with Crippen LogP contribution in [-0.2, 0) is 0 Å². The fourth-order valence-electron chi connectivity index (χ4n) is 3.23. The van der Waals surface area contributed by atoms with E-state index in [9.17, 15) is 9.59 Å². The van der Waals surface area contributed by atoms with Crippen LogP contribution in [0, 0.1) is 6.92 Å². The number of carbonyl (C=O) groups excluding carboxylic acids is 1. The van der Waals surface area contributed by atoms with Crippen molar-refractivity contribution in [3.63, 3.8) is 0 Å². The molecule has 0 aliphatic carbocycles. The first-order valence-corrected chi connectivity index (χ1v) is 8.28. The van der Waals surface area contributed by atoms with E-state index in [-0.39, 0.29) is 11.6 Å². The quantitative estimate of drug-likeness (QED) is 0.607. The number of carbonyl (C=O) groups is 1. The van der Waals surface area contributed by atoms with Gasteiger partial charge in [0.1, 0.15) is 0 Å². The van der Waals surface area contributed by atoms with Crippen molar-refractivity contribution in [3.05, 3.63) is 70.1 Å². The summed E-state index contributed by atoms with van der Waals surface area (Å²) >= 11 is 0. The van der Waals surface area contributed by atoms with Crippen LogP contribution >= 0.6 is 0 Å². The van der Waals surface area contributed by atoms with Gasteiger partial charge in [0.2, 0.25) is 0 Å². The van der Waals surface area contributed by atoms with E-state index in [0.717, 1.165) is 27.6 Å². The van der Waals surface area contributed by atoms with Crippen LogP contribution in [0.3, 0.4) is 0 Å². The number of H-pyrrole nitrogens is 1. The molecule has 0 atom stereocenters. The zero-order valence-electron chi connectivity index (χ0n) is 14.8. The summed E-state index contributed by atoms with van der Waals surface area (Å²) in [5, 5.41) is 7.55. The Balaban J connectivity index is 1.95. The molecule has 1 amide bonds. The highest BCUT2D eigenvalue weighted by Crippen LogP contribution is 2.27. The minimum absolute atomic E-state index is 0.0445. The van der Waals surface area contributed by atoms with Crippen molar-refractivity contribution in [3.8, 4) is 11.1 Å². The van der Waals surface area contributed by atoms with Gasteiger partial charge in [0.05, 0.1) is 5.52 Å². The number of aryl methyl sites for hydroxylation is 1. The zero-order valence-corrected chi connectivity index (χ0v) is 14.8. The van der Waals surface area contributed by atoms with Gasteiger partial charge in [-0.15, -0.1) is 0 Å². The first-order valence-electron chi connectivity index (χ1n) is 8.28. The number of aromatic amines is 1. The number of rotatable bonds is 2. The average molecular weight is 346 g/mol. The van der Waals surface area contributed by atoms with Gasteiger partial charge in [-0.05, 0) is 47.9 Å². The molecule has 6 heteroatoms. The van der Waals surface area contributed by atoms with Crippen molar-refractivity contribution in [1.82, 2.24) is 19.5 Å². The Morgan fingerprint density at radius 1 is 1.08 bits per heavy atom. The summed E-state index contributed by atoms with van der Waals surface area (Å²) in [6.07, 6.45) is 0. The molecule has 6 nitrogen and oxygen atoms in total. The molecule has 0 aliphatic heterocycles. The molecule has 2 aromatic heterocycles. The standard InChI is InChI=1S/C20H18N4O2/c1-12-9-18-21-22-20(26)24(18)17-11-14(7-8-16(12)17)13-5-4-6-15(10-13)19(25)23(2)3/h4-11H,1-3H3,(H,22,26). The maximum atomic E-state index is 12.2. The molecule has 0 spiro atoms. The molecular formula is C20H18N4O2. The fraction of sp³-hybridized carbons (Fsp3) is 0.150. The van der Waals surface area contributed by atoms with E-state index in [1.165, 1.54) is 0 Å². The third kappa shape index (κ3) is 2.47. The smallest absolute Gasteiger partial charge is 0.345 e. The average Bonchev–Trinajstić information content (AvgIpc) is 3.01. The predicted molar refractivity (Wildman–Crippen MR) is 102 cm³/mol. The number of amides is 1. The van der Waals surface area contributed by atoms with Gasteiger partial charge in [0, 0.05) is 25.0 Å². The van der Waals surface area contributed by atoms with E-state index in [2.05, 4.69) is 10.2 Å². The van der Waals surface area contributed by atoms with Gasteiger partial charge in [-0.1, -0.05) is 24.3 Å². The Kier molecular flexibility index (Phi) is 3.61. The minimum atomic E-state index is -0.265. The number of hydrogen-bond donors (Lipinski definition) is 1. The lowest BCUT2D eigenvalue weighted by Crippen LogP contribution is -2.21. The number of nitrogens with zero attached hydrogens (tertiary/aromatic N) is 3. The molecule has 0 saturated carbocycles. The van der Waals surface area contributed by atoms with Crippen LogP contribution < -0.4 is 5.69 Å². The van der Waals surface area contributed by atoms with Crippen molar-refractivity contribution in [2.24, 2.45) is 0 Å². The van der Waals surface area contributed by atoms with Crippen molar-refractivity contribution >= 4 is 22.5 Å². The number of aromatic nitrogens is 3. The molecule has 1 N–H and O–H groups in total. The van der Waals surface area contributed by atoms with Gasteiger partial charge in [0.15, 0.2) is 5.65 Å². The molecule has 4 aromatic rings. The fourth-order valence-corrected chi connectivity index (χ4v) is 3.23. The van der Waals surface area contributed by atoms with Crippen LogP contribution in [0.5, 0.6) is 0 Å². The largest absolute Gasteiger partial charge is 0.348 e. The lowest BCUT2D eigenvalue weighted by atomic mass is 10.00. The summed E-state index contributed by atoms with van der Waals surface area (Å²) < 4.78 is 1.57. The Morgan fingerprint density at radius 3 is 2.62 bits per heavy atom. The first kappa shape index (κ1) is 16.1. The van der Waals surface area contributed by atoms with Gasteiger partial charge in [-0.25, -0.2) is 14.3 Å². The number of fused-ring (bicyclic) bond motifs is 3. The molecule has 0 aliphatic rings. The van der Waals surface area contributed by atoms with Crippen molar-refractivity contribution < 1.29 is 4.79 Å². The van der Waals surface area contributed by atoms with Crippen LogP contribution in [0.2, 0.25) is 0 Å². The first-order chi connectivity index (χ1) is 12.5. The Labute approximate surface area is 149 Å². The second-order valence-electron chi connectivity index (χ2n) is 6.56. The molecule has 2 aromatic carbocycles. The Hall–Kier alpha value is -3.41. The molecule has 130 valence electrons. The van der Waals surface area contributed by atoms with E-state index in [1.807, 2.05) is 49.4 Å². The molecule has 0 saturated heterocycles. The SMILES string of the molecule is Cc1cc2n[nH]c(=O)n2c2cc(-c3cccc(C(=O)N(C)C)c3)ccc12. The molecular weight excluding hydrogens is 328 g/mol. The zero-order chi connectivity index (χ0) is 18.4. The number of hydrogen-bond acceptors (Lipinski definition) is 3. The second kappa shape index (κ2) is 5.84. The van der Waals surface area contributed by atoms with E-state index in [1.54, 1.807) is 29.5 Å². The third-order valence-electron chi connectivity index (χ3n) is 4.56. The molecule has 0 radical (unpaired) electrons. The predicted octanol–water partition coefficient (Wildman–Crippen LogP) is 2.85. The highest BCUT2D eigenvalue weighted by atomic mass is 16.2.